The Morgan fingerprint density at radius 1 is 1.24 bits per heavy atom. The van der Waals surface area contributed by atoms with E-state index in [9.17, 15) is 8.42 Å². The fraction of sp³-hybridized carbons (Fsp3) is 0.733. The van der Waals surface area contributed by atoms with Gasteiger partial charge in [0.15, 0.2) is 0 Å². The van der Waals surface area contributed by atoms with Crippen LogP contribution in [0.4, 0.5) is 0 Å². The zero-order chi connectivity index (χ0) is 15.7. The predicted octanol–water partition coefficient (Wildman–Crippen LogP) is 3.49. The Balaban J connectivity index is 2.58. The number of unbranched alkanes of at least 4 members (excludes halogenated alkanes) is 3. The van der Waals surface area contributed by atoms with Crippen molar-refractivity contribution < 1.29 is 8.42 Å². The maximum Gasteiger partial charge on any atom is 0.241 e. The van der Waals surface area contributed by atoms with Crippen molar-refractivity contribution in [3.63, 3.8) is 0 Å². The first kappa shape index (κ1) is 18.6. The number of rotatable bonds is 11. The van der Waals surface area contributed by atoms with Crippen LogP contribution in [0.25, 0.3) is 0 Å². The van der Waals surface area contributed by atoms with Gasteiger partial charge in [0.1, 0.15) is 0 Å². The molecule has 0 fully saturated rings. The third-order valence-electron chi connectivity index (χ3n) is 3.38. The van der Waals surface area contributed by atoms with Gasteiger partial charge in [-0.2, -0.15) is 0 Å². The van der Waals surface area contributed by atoms with Crippen LogP contribution in [0, 0.1) is 0 Å². The molecule has 1 atom stereocenters. The molecular formula is C15H28N2O2S2. The van der Waals surface area contributed by atoms with E-state index >= 15 is 0 Å². The summed E-state index contributed by atoms with van der Waals surface area (Å²) in [6.45, 7) is 7.57. The molecule has 0 radical (unpaired) electrons. The largest absolute Gasteiger partial charge is 0.312 e. The fourth-order valence-electron chi connectivity index (χ4n) is 2.20. The van der Waals surface area contributed by atoms with Gasteiger partial charge in [0.05, 0.1) is 4.90 Å². The van der Waals surface area contributed by atoms with Crippen molar-refractivity contribution in [3.8, 4) is 0 Å². The lowest BCUT2D eigenvalue weighted by Gasteiger charge is -2.14. The Bertz CT molecular complexity index is 498. The normalized spacial score (nSPS) is 13.5. The minimum absolute atomic E-state index is 0.0151. The predicted molar refractivity (Wildman–Crippen MR) is 90.2 cm³/mol. The minimum atomic E-state index is -3.40. The van der Waals surface area contributed by atoms with E-state index in [1.165, 1.54) is 30.6 Å². The van der Waals surface area contributed by atoms with Gasteiger partial charge in [0.2, 0.25) is 10.0 Å². The second-order valence-corrected chi connectivity index (χ2v) is 8.04. The van der Waals surface area contributed by atoms with Crippen molar-refractivity contribution in [2.24, 2.45) is 0 Å². The van der Waals surface area contributed by atoms with Crippen LogP contribution < -0.4 is 10.0 Å². The molecule has 1 aromatic heterocycles. The molecule has 1 rings (SSSR count). The maximum atomic E-state index is 12.4. The average molecular weight is 333 g/mol. The van der Waals surface area contributed by atoms with Gasteiger partial charge in [-0.1, -0.05) is 39.5 Å². The summed E-state index contributed by atoms with van der Waals surface area (Å²) in [6, 6.07) is 1.68. The van der Waals surface area contributed by atoms with Crippen LogP contribution in [0.15, 0.2) is 16.3 Å². The van der Waals surface area contributed by atoms with Crippen LogP contribution in [0.2, 0.25) is 0 Å². The quantitative estimate of drug-likeness (QED) is 0.610. The summed E-state index contributed by atoms with van der Waals surface area (Å²) in [5, 5.41) is 5.02. The Kier molecular flexibility index (Phi) is 8.48. The van der Waals surface area contributed by atoms with E-state index in [2.05, 4.69) is 17.0 Å². The van der Waals surface area contributed by atoms with Crippen LogP contribution in [-0.2, 0) is 16.6 Å². The summed E-state index contributed by atoms with van der Waals surface area (Å²) in [4.78, 5) is 1.30. The van der Waals surface area contributed by atoms with Crippen LogP contribution in [-0.4, -0.2) is 21.0 Å². The molecule has 0 amide bonds. The van der Waals surface area contributed by atoms with E-state index in [-0.39, 0.29) is 6.04 Å². The first-order chi connectivity index (χ1) is 10.0. The summed E-state index contributed by atoms with van der Waals surface area (Å²) < 4.78 is 27.7. The molecule has 4 nitrogen and oxygen atoms in total. The molecule has 0 saturated carbocycles. The Labute approximate surface area is 133 Å². The molecule has 6 heteroatoms. The highest BCUT2D eigenvalue weighted by molar-refractivity contribution is 7.89. The molecule has 2 N–H and O–H groups in total. The summed E-state index contributed by atoms with van der Waals surface area (Å²) in [5.41, 5.74) is 0. The molecule has 1 aromatic rings. The first-order valence-electron chi connectivity index (χ1n) is 7.80. The third-order valence-corrected chi connectivity index (χ3v) is 6.10. The van der Waals surface area contributed by atoms with E-state index < -0.39 is 10.0 Å². The summed E-state index contributed by atoms with van der Waals surface area (Å²) in [7, 11) is -3.40. The topological polar surface area (TPSA) is 58.2 Å². The summed E-state index contributed by atoms with van der Waals surface area (Å²) in [5.74, 6) is 0. The highest BCUT2D eigenvalue weighted by Crippen LogP contribution is 2.22. The monoisotopic (exact) mass is 332 g/mol. The van der Waals surface area contributed by atoms with Gasteiger partial charge >= 0.3 is 0 Å². The molecule has 0 aliphatic heterocycles. The number of nitrogens with one attached hydrogen (secondary N) is 2. The summed E-state index contributed by atoms with van der Waals surface area (Å²) in [6.07, 6.45) is 5.56. The van der Waals surface area contributed by atoms with Crippen LogP contribution >= 0.6 is 11.3 Å². The van der Waals surface area contributed by atoms with Gasteiger partial charge in [-0.25, -0.2) is 13.1 Å². The molecule has 0 saturated heterocycles. The molecule has 0 bridgehead atoms. The van der Waals surface area contributed by atoms with Gasteiger partial charge in [-0.05, 0) is 31.3 Å². The van der Waals surface area contributed by atoms with E-state index in [0.717, 1.165) is 24.3 Å². The second kappa shape index (κ2) is 9.56. The molecule has 0 aliphatic carbocycles. The highest BCUT2D eigenvalue weighted by atomic mass is 32.2. The van der Waals surface area contributed by atoms with E-state index in [1.54, 1.807) is 6.07 Å². The molecule has 1 heterocycles. The standard InChI is InChI=1S/C15H28N2O2S2/c1-4-6-7-8-9-13(3)17-21(18,19)15-10-11-20-14(15)12-16-5-2/h10-11,13,16-17H,4-9,12H2,1-3H3. The van der Waals surface area contributed by atoms with E-state index in [0.29, 0.717) is 11.4 Å². The zero-order valence-corrected chi connectivity index (χ0v) is 14.9. The molecule has 0 spiro atoms. The molecule has 0 aromatic carbocycles. The maximum absolute atomic E-state index is 12.4. The lowest BCUT2D eigenvalue weighted by Crippen LogP contribution is -2.33. The van der Waals surface area contributed by atoms with Gasteiger partial charge < -0.3 is 5.32 Å². The third kappa shape index (κ3) is 6.46. The van der Waals surface area contributed by atoms with Gasteiger partial charge in [0.25, 0.3) is 0 Å². The van der Waals surface area contributed by atoms with Crippen molar-refractivity contribution in [1.29, 1.82) is 0 Å². The number of sulfonamides is 1. The van der Waals surface area contributed by atoms with Gasteiger partial charge in [0, 0.05) is 17.5 Å². The van der Waals surface area contributed by atoms with Crippen molar-refractivity contribution in [1.82, 2.24) is 10.0 Å². The van der Waals surface area contributed by atoms with Crippen molar-refractivity contribution in [2.75, 3.05) is 6.54 Å². The number of hydrogen-bond acceptors (Lipinski definition) is 4. The molecule has 122 valence electrons. The molecule has 0 aliphatic rings. The zero-order valence-electron chi connectivity index (χ0n) is 13.3. The number of thiophene rings is 1. The summed E-state index contributed by atoms with van der Waals surface area (Å²) >= 11 is 1.49. The van der Waals surface area contributed by atoms with E-state index in [1.807, 2.05) is 19.2 Å². The van der Waals surface area contributed by atoms with Gasteiger partial charge in [-0.3, -0.25) is 0 Å². The van der Waals surface area contributed by atoms with Gasteiger partial charge in [-0.15, -0.1) is 11.3 Å². The molecule has 1 unspecified atom stereocenters. The molecule has 21 heavy (non-hydrogen) atoms. The van der Waals surface area contributed by atoms with Crippen LogP contribution in [0.3, 0.4) is 0 Å². The first-order valence-corrected chi connectivity index (χ1v) is 10.2. The lowest BCUT2D eigenvalue weighted by atomic mass is 10.1. The fourth-order valence-corrected chi connectivity index (χ4v) is 4.89. The average Bonchev–Trinajstić information content (AvgIpc) is 2.90. The minimum Gasteiger partial charge on any atom is -0.312 e. The Morgan fingerprint density at radius 3 is 2.67 bits per heavy atom. The highest BCUT2D eigenvalue weighted by Gasteiger charge is 2.21. The van der Waals surface area contributed by atoms with Crippen molar-refractivity contribution >= 4 is 21.4 Å². The lowest BCUT2D eigenvalue weighted by molar-refractivity contribution is 0.521. The van der Waals surface area contributed by atoms with Crippen LogP contribution in [0.1, 0.15) is 57.8 Å². The molecular weight excluding hydrogens is 304 g/mol. The second-order valence-electron chi connectivity index (χ2n) is 5.36. The van der Waals surface area contributed by atoms with Crippen molar-refractivity contribution in [3.05, 3.63) is 16.3 Å². The number of hydrogen-bond donors (Lipinski definition) is 2. The smallest absolute Gasteiger partial charge is 0.241 e. The van der Waals surface area contributed by atoms with Crippen LogP contribution in [0.5, 0.6) is 0 Å². The SMILES string of the molecule is CCCCCCC(C)NS(=O)(=O)c1ccsc1CNCC. The Morgan fingerprint density at radius 2 is 2.00 bits per heavy atom. The Hall–Kier alpha value is -0.430. The van der Waals surface area contributed by atoms with E-state index in [4.69, 9.17) is 0 Å². The van der Waals surface area contributed by atoms with Crippen molar-refractivity contribution in [2.45, 2.75) is 70.4 Å².